The van der Waals surface area contributed by atoms with E-state index in [4.69, 9.17) is 5.11 Å². The summed E-state index contributed by atoms with van der Waals surface area (Å²) in [5, 5.41) is 14.3. The van der Waals surface area contributed by atoms with Crippen LogP contribution in [-0.2, 0) is 4.79 Å². The van der Waals surface area contributed by atoms with E-state index in [-0.39, 0.29) is 5.92 Å². The van der Waals surface area contributed by atoms with Gasteiger partial charge in [0.1, 0.15) is 0 Å². The molecule has 0 amide bonds. The summed E-state index contributed by atoms with van der Waals surface area (Å²) in [7, 11) is 0. The molecular formula is C14H15NO2. The molecule has 2 aromatic carbocycles. The molecule has 3 heteroatoms. The predicted molar refractivity (Wildman–Crippen MR) is 69.2 cm³/mol. The second-order valence-electron chi connectivity index (χ2n) is 4.18. The highest BCUT2D eigenvalue weighted by Gasteiger charge is 2.09. The van der Waals surface area contributed by atoms with Crippen molar-refractivity contribution in [1.29, 1.82) is 0 Å². The van der Waals surface area contributed by atoms with Gasteiger partial charge in [0.2, 0.25) is 0 Å². The van der Waals surface area contributed by atoms with Gasteiger partial charge >= 0.3 is 5.97 Å². The molecule has 3 nitrogen and oxygen atoms in total. The van der Waals surface area contributed by atoms with Gasteiger partial charge in [0.25, 0.3) is 0 Å². The van der Waals surface area contributed by atoms with Crippen molar-refractivity contribution in [3.8, 4) is 0 Å². The first-order valence-corrected chi connectivity index (χ1v) is 5.62. The van der Waals surface area contributed by atoms with Crippen LogP contribution in [0.3, 0.4) is 0 Å². The summed E-state index contributed by atoms with van der Waals surface area (Å²) in [4.78, 5) is 10.7. The van der Waals surface area contributed by atoms with Crippen molar-refractivity contribution >= 4 is 22.4 Å². The molecule has 2 N–H and O–H groups in total. The highest BCUT2D eigenvalue weighted by molar-refractivity contribution is 5.85. The Labute approximate surface area is 100 Å². The smallest absolute Gasteiger partial charge is 0.308 e. The third-order valence-electron chi connectivity index (χ3n) is 2.78. The lowest BCUT2D eigenvalue weighted by atomic mass is 10.1. The highest BCUT2D eigenvalue weighted by atomic mass is 16.4. The molecule has 0 radical (unpaired) electrons. The van der Waals surface area contributed by atoms with Gasteiger partial charge in [-0.3, -0.25) is 4.79 Å². The quantitative estimate of drug-likeness (QED) is 0.847. The number of hydrogen-bond acceptors (Lipinski definition) is 2. The van der Waals surface area contributed by atoms with Crippen LogP contribution in [0.5, 0.6) is 0 Å². The van der Waals surface area contributed by atoms with Crippen LogP contribution in [0.1, 0.15) is 6.92 Å². The Bertz CT molecular complexity index is 536. The van der Waals surface area contributed by atoms with Crippen LogP contribution in [-0.4, -0.2) is 17.6 Å². The number of carboxylic acids is 1. The standard InChI is InChI=1S/C14H15NO2/c1-10(14(16)17)9-15-13-7-6-11-4-2-3-5-12(11)8-13/h2-8,10,15H,9H2,1H3,(H,16,17). The normalized spacial score (nSPS) is 12.3. The van der Waals surface area contributed by atoms with E-state index in [1.165, 1.54) is 5.39 Å². The average molecular weight is 229 g/mol. The zero-order chi connectivity index (χ0) is 12.3. The van der Waals surface area contributed by atoms with E-state index in [0.29, 0.717) is 6.54 Å². The van der Waals surface area contributed by atoms with Gasteiger partial charge in [-0.2, -0.15) is 0 Å². The van der Waals surface area contributed by atoms with Crippen molar-refractivity contribution < 1.29 is 9.90 Å². The van der Waals surface area contributed by atoms with E-state index < -0.39 is 5.97 Å². The zero-order valence-electron chi connectivity index (χ0n) is 9.68. The number of anilines is 1. The molecule has 0 fully saturated rings. The molecule has 0 heterocycles. The van der Waals surface area contributed by atoms with Crippen LogP contribution in [0.2, 0.25) is 0 Å². The maximum Gasteiger partial charge on any atom is 0.308 e. The minimum atomic E-state index is -0.779. The third-order valence-corrected chi connectivity index (χ3v) is 2.78. The molecule has 17 heavy (non-hydrogen) atoms. The molecule has 0 saturated heterocycles. The van der Waals surface area contributed by atoms with Gasteiger partial charge in [-0.1, -0.05) is 37.3 Å². The van der Waals surface area contributed by atoms with Crippen molar-refractivity contribution in [1.82, 2.24) is 0 Å². The molecule has 1 unspecified atom stereocenters. The van der Waals surface area contributed by atoms with Crippen LogP contribution in [0.4, 0.5) is 5.69 Å². The van der Waals surface area contributed by atoms with Gasteiger partial charge in [0, 0.05) is 12.2 Å². The fourth-order valence-corrected chi connectivity index (χ4v) is 1.66. The van der Waals surface area contributed by atoms with Crippen LogP contribution < -0.4 is 5.32 Å². The molecule has 88 valence electrons. The van der Waals surface area contributed by atoms with Crippen LogP contribution in [0.15, 0.2) is 42.5 Å². The van der Waals surface area contributed by atoms with E-state index in [2.05, 4.69) is 11.4 Å². The van der Waals surface area contributed by atoms with Gasteiger partial charge in [-0.15, -0.1) is 0 Å². The Morgan fingerprint density at radius 2 is 1.94 bits per heavy atom. The Kier molecular flexibility index (Phi) is 3.28. The lowest BCUT2D eigenvalue weighted by molar-refractivity contribution is -0.140. The molecule has 0 aromatic heterocycles. The number of carbonyl (C=O) groups is 1. The molecule has 0 aliphatic carbocycles. The lowest BCUT2D eigenvalue weighted by Gasteiger charge is -2.10. The number of aliphatic carboxylic acids is 1. The maximum absolute atomic E-state index is 10.7. The molecule has 2 rings (SSSR count). The molecule has 0 aliphatic rings. The first-order valence-electron chi connectivity index (χ1n) is 5.62. The summed E-state index contributed by atoms with van der Waals surface area (Å²) >= 11 is 0. The molecule has 0 saturated carbocycles. The fraction of sp³-hybridized carbons (Fsp3) is 0.214. The van der Waals surface area contributed by atoms with E-state index in [0.717, 1.165) is 11.1 Å². The second kappa shape index (κ2) is 4.87. The summed E-state index contributed by atoms with van der Waals surface area (Å²) in [6.45, 7) is 2.13. The molecular weight excluding hydrogens is 214 g/mol. The van der Waals surface area contributed by atoms with Crippen molar-refractivity contribution in [2.75, 3.05) is 11.9 Å². The van der Waals surface area contributed by atoms with E-state index >= 15 is 0 Å². The summed E-state index contributed by atoms with van der Waals surface area (Å²) < 4.78 is 0. The number of hydrogen-bond donors (Lipinski definition) is 2. The summed E-state index contributed by atoms with van der Waals surface area (Å²) in [5.41, 5.74) is 0.955. The number of nitrogens with one attached hydrogen (secondary N) is 1. The summed E-state index contributed by atoms with van der Waals surface area (Å²) in [5.74, 6) is -1.17. The van der Waals surface area contributed by atoms with Crippen LogP contribution in [0.25, 0.3) is 10.8 Å². The Morgan fingerprint density at radius 3 is 2.65 bits per heavy atom. The van der Waals surface area contributed by atoms with Gasteiger partial charge < -0.3 is 10.4 Å². The number of rotatable bonds is 4. The Balaban J connectivity index is 2.12. The second-order valence-corrected chi connectivity index (χ2v) is 4.18. The fourth-order valence-electron chi connectivity index (χ4n) is 1.66. The van der Waals surface area contributed by atoms with Crippen LogP contribution >= 0.6 is 0 Å². The van der Waals surface area contributed by atoms with Crippen molar-refractivity contribution in [3.05, 3.63) is 42.5 Å². The van der Waals surface area contributed by atoms with E-state index in [9.17, 15) is 4.79 Å². The largest absolute Gasteiger partial charge is 0.481 e. The van der Waals surface area contributed by atoms with Gasteiger partial charge in [0.05, 0.1) is 5.92 Å². The third kappa shape index (κ3) is 2.75. The molecule has 0 aliphatic heterocycles. The molecule has 1 atom stereocenters. The predicted octanol–water partition coefficient (Wildman–Crippen LogP) is 2.97. The lowest BCUT2D eigenvalue weighted by Crippen LogP contribution is -2.19. The highest BCUT2D eigenvalue weighted by Crippen LogP contribution is 2.18. The summed E-state index contributed by atoms with van der Waals surface area (Å²) in [6.07, 6.45) is 0. The molecule has 0 spiro atoms. The molecule has 2 aromatic rings. The zero-order valence-corrected chi connectivity index (χ0v) is 9.68. The molecule has 0 bridgehead atoms. The van der Waals surface area contributed by atoms with Gasteiger partial charge in [-0.25, -0.2) is 0 Å². The first-order chi connectivity index (χ1) is 8.16. The monoisotopic (exact) mass is 229 g/mol. The van der Waals surface area contributed by atoms with Crippen LogP contribution in [0, 0.1) is 5.92 Å². The van der Waals surface area contributed by atoms with Crippen molar-refractivity contribution in [3.63, 3.8) is 0 Å². The Hall–Kier alpha value is -2.03. The first kappa shape index (κ1) is 11.5. The van der Waals surface area contributed by atoms with E-state index in [1.807, 2.05) is 36.4 Å². The van der Waals surface area contributed by atoms with Gasteiger partial charge in [0.15, 0.2) is 0 Å². The number of benzene rings is 2. The topological polar surface area (TPSA) is 49.3 Å². The van der Waals surface area contributed by atoms with Crippen molar-refractivity contribution in [2.45, 2.75) is 6.92 Å². The van der Waals surface area contributed by atoms with Gasteiger partial charge in [-0.05, 0) is 22.9 Å². The number of fused-ring (bicyclic) bond motifs is 1. The number of carboxylic acid groups (broad SMARTS) is 1. The SMILES string of the molecule is CC(CNc1ccc2ccccc2c1)C(=O)O. The summed E-state index contributed by atoms with van der Waals surface area (Å²) in [6, 6.07) is 14.1. The average Bonchev–Trinajstić information content (AvgIpc) is 2.35. The maximum atomic E-state index is 10.7. The Morgan fingerprint density at radius 1 is 1.24 bits per heavy atom. The van der Waals surface area contributed by atoms with Crippen molar-refractivity contribution in [2.24, 2.45) is 5.92 Å². The van der Waals surface area contributed by atoms with E-state index in [1.54, 1.807) is 6.92 Å². The minimum Gasteiger partial charge on any atom is -0.481 e. The minimum absolute atomic E-state index is 0.388.